The molecule has 0 bridgehead atoms. The third-order valence-electron chi connectivity index (χ3n) is 1.51. The fraction of sp³-hybridized carbons (Fsp3) is 0.714. The zero-order chi connectivity index (χ0) is 9.14. The molecule has 1 heterocycles. The van der Waals surface area contributed by atoms with E-state index in [9.17, 15) is 9.59 Å². The number of Topliss-reactive ketones (excluding diaryl/α,β-unsaturated/α-hetero) is 1. The van der Waals surface area contributed by atoms with Gasteiger partial charge in [-0.15, -0.1) is 0 Å². The van der Waals surface area contributed by atoms with Crippen LogP contribution in [0, 0.1) is 0 Å². The summed E-state index contributed by atoms with van der Waals surface area (Å²) in [5.41, 5.74) is 0. The number of halogens is 2. The van der Waals surface area contributed by atoms with Crippen molar-refractivity contribution in [3.8, 4) is 0 Å². The topological polar surface area (TPSA) is 46.2 Å². The fourth-order valence-electron chi connectivity index (χ4n) is 1.03. The van der Waals surface area contributed by atoms with E-state index in [1.807, 2.05) is 0 Å². The van der Waals surface area contributed by atoms with Gasteiger partial charge in [0.2, 0.25) is 0 Å². The number of rotatable bonds is 1. The summed E-state index contributed by atoms with van der Waals surface area (Å²) in [6, 6.07) is 0.0385. The number of carbonyl (C=O) groups excluding carboxylic acids is 2. The second-order valence-corrected chi connectivity index (χ2v) is 8.36. The van der Waals surface area contributed by atoms with Gasteiger partial charge in [0.05, 0.1) is 0 Å². The molecule has 0 aromatic carbocycles. The van der Waals surface area contributed by atoms with E-state index in [4.69, 9.17) is 0 Å². The Balaban J connectivity index is 2.49. The number of hydrogen-bond donors (Lipinski definition) is 1. The van der Waals surface area contributed by atoms with Gasteiger partial charge in [-0.1, -0.05) is 0 Å². The van der Waals surface area contributed by atoms with Gasteiger partial charge in [0, 0.05) is 0 Å². The molecular formula is C7H10BrINO2-. The first kappa shape index (κ1) is 10.4. The van der Waals surface area contributed by atoms with Gasteiger partial charge in [-0.3, -0.25) is 0 Å². The Labute approximate surface area is 90.0 Å². The van der Waals surface area contributed by atoms with Crippen molar-refractivity contribution in [2.24, 2.45) is 0 Å². The zero-order valence-corrected chi connectivity index (χ0v) is 10.4. The Hall–Kier alpha value is 0.350. The molecule has 3 nitrogen and oxygen atoms in total. The van der Waals surface area contributed by atoms with E-state index in [2.05, 4.69) is 21.2 Å². The van der Waals surface area contributed by atoms with Crippen LogP contribution in [-0.4, -0.2) is 25.0 Å². The van der Waals surface area contributed by atoms with Crippen LogP contribution in [-0.2, 0) is 9.59 Å². The molecule has 0 aromatic heterocycles. The van der Waals surface area contributed by atoms with Crippen LogP contribution in [0.1, 0.15) is 13.3 Å². The first-order valence-corrected chi connectivity index (χ1v) is 7.29. The molecule has 0 aromatic rings. The molecule has 5 heteroatoms. The van der Waals surface area contributed by atoms with Gasteiger partial charge in [-0.25, -0.2) is 0 Å². The van der Waals surface area contributed by atoms with Gasteiger partial charge < -0.3 is 0 Å². The summed E-state index contributed by atoms with van der Waals surface area (Å²) in [5.74, 6) is 0.236. The number of nitrogens with one attached hydrogen (secondary N) is 1. The Morgan fingerprint density at radius 3 is 3.00 bits per heavy atom. The number of hydrogen-bond acceptors (Lipinski definition) is 2. The van der Waals surface area contributed by atoms with Crippen molar-refractivity contribution in [3.63, 3.8) is 0 Å². The molecule has 2 atom stereocenters. The monoisotopic (exact) mass is 346 g/mol. The molecule has 0 saturated carbocycles. The molecule has 1 rings (SSSR count). The van der Waals surface area contributed by atoms with Crippen molar-refractivity contribution in [2.75, 3.05) is 4.43 Å². The van der Waals surface area contributed by atoms with Crippen molar-refractivity contribution in [1.29, 1.82) is 0 Å². The van der Waals surface area contributed by atoms with E-state index in [-0.39, 0.29) is 38.9 Å². The van der Waals surface area contributed by atoms with E-state index in [0.717, 1.165) is 4.43 Å². The maximum atomic E-state index is 11.1. The normalized spacial score (nSPS) is 30.7. The van der Waals surface area contributed by atoms with Gasteiger partial charge in [-0.05, 0) is 0 Å². The molecule has 70 valence electrons. The summed E-state index contributed by atoms with van der Waals surface area (Å²) in [6.07, 6.45) is 0.495. The minimum absolute atomic E-state index is 0.0385. The third kappa shape index (κ3) is 3.01. The van der Waals surface area contributed by atoms with Crippen LogP contribution in [0.5, 0.6) is 0 Å². The van der Waals surface area contributed by atoms with Gasteiger partial charge in [0.15, 0.2) is 0 Å². The summed E-state index contributed by atoms with van der Waals surface area (Å²) in [7, 11) is 0. The van der Waals surface area contributed by atoms with E-state index in [1.165, 1.54) is 6.92 Å². The van der Waals surface area contributed by atoms with Crippen molar-refractivity contribution >= 4 is 27.6 Å². The molecule has 1 saturated heterocycles. The minimum atomic E-state index is -0.108. The van der Waals surface area contributed by atoms with Crippen LogP contribution < -0.4 is 26.5 Å². The quantitative estimate of drug-likeness (QED) is 0.414. The number of carbonyl (C=O) groups is 2. The van der Waals surface area contributed by atoms with Crippen molar-refractivity contribution < 1.29 is 30.8 Å². The number of amides is 1. The van der Waals surface area contributed by atoms with Crippen molar-refractivity contribution in [2.45, 2.75) is 22.2 Å². The molecule has 0 aliphatic carbocycles. The number of alkyl halides is 3. The Morgan fingerprint density at radius 1 is 1.75 bits per heavy atom. The van der Waals surface area contributed by atoms with E-state index in [1.54, 1.807) is 0 Å². The second-order valence-electron chi connectivity index (χ2n) is 2.67. The number of ketones is 1. The average molecular weight is 347 g/mol. The first-order valence-electron chi connectivity index (χ1n) is 3.60. The molecule has 0 radical (unpaired) electrons. The van der Waals surface area contributed by atoms with Crippen LogP contribution in [0.2, 0.25) is 0 Å². The SMILES string of the molecule is CC(=O)NC1CC(=O)C[I-]C1Br. The van der Waals surface area contributed by atoms with Gasteiger partial charge in [0.1, 0.15) is 0 Å². The van der Waals surface area contributed by atoms with Gasteiger partial charge in [0.25, 0.3) is 0 Å². The van der Waals surface area contributed by atoms with Crippen LogP contribution in [0.15, 0.2) is 0 Å². The fourth-order valence-corrected chi connectivity index (χ4v) is 4.44. The summed E-state index contributed by atoms with van der Waals surface area (Å²) >= 11 is 3.38. The Morgan fingerprint density at radius 2 is 2.42 bits per heavy atom. The molecule has 1 aliphatic rings. The van der Waals surface area contributed by atoms with Gasteiger partial charge >= 0.3 is 90.4 Å². The molecule has 1 N–H and O–H groups in total. The molecule has 1 amide bonds. The Bertz CT molecular complexity index is 208. The Kier molecular flexibility index (Phi) is 3.95. The average Bonchev–Trinajstić information content (AvgIpc) is 1.96. The third-order valence-corrected chi connectivity index (χ3v) is 6.79. The molecular weight excluding hydrogens is 337 g/mol. The van der Waals surface area contributed by atoms with E-state index >= 15 is 0 Å². The van der Waals surface area contributed by atoms with Crippen molar-refractivity contribution in [1.82, 2.24) is 5.32 Å². The zero-order valence-electron chi connectivity index (χ0n) is 6.64. The predicted molar refractivity (Wildman–Crippen MR) is 44.8 cm³/mol. The summed E-state index contributed by atoms with van der Waals surface area (Å²) in [6.45, 7) is 1.48. The van der Waals surface area contributed by atoms with Crippen molar-refractivity contribution in [3.05, 3.63) is 0 Å². The van der Waals surface area contributed by atoms with Crippen LogP contribution in [0.4, 0.5) is 0 Å². The molecule has 2 unspecified atom stereocenters. The van der Waals surface area contributed by atoms with Crippen LogP contribution in [0.25, 0.3) is 0 Å². The standard InChI is InChI=1S/C7H10BrINO2/c1-4(11)10-6-2-5(12)3-9-7(6)8/h6-7H,2-3H2,1H3,(H,10,11)/q-1. The van der Waals surface area contributed by atoms with Crippen LogP contribution >= 0.6 is 15.9 Å². The van der Waals surface area contributed by atoms with E-state index < -0.39 is 0 Å². The molecule has 12 heavy (non-hydrogen) atoms. The summed E-state index contributed by atoms with van der Waals surface area (Å²) in [4.78, 5) is 21.8. The summed E-state index contributed by atoms with van der Waals surface area (Å²) < 4.78 is 1.10. The molecule has 0 spiro atoms. The molecule has 1 fully saturated rings. The second kappa shape index (κ2) is 4.55. The van der Waals surface area contributed by atoms with E-state index in [0.29, 0.717) is 9.25 Å². The summed E-state index contributed by atoms with van der Waals surface area (Å²) in [5, 5.41) is 2.78. The van der Waals surface area contributed by atoms with Gasteiger partial charge in [-0.2, -0.15) is 0 Å². The first-order chi connectivity index (χ1) is 5.59. The van der Waals surface area contributed by atoms with Crippen LogP contribution in [0.3, 0.4) is 0 Å². The molecule has 1 aliphatic heterocycles. The predicted octanol–water partition coefficient (Wildman–Crippen LogP) is -2.73. The maximum absolute atomic E-state index is 11.1.